The van der Waals surface area contributed by atoms with Gasteiger partial charge in [0.05, 0.1) is 5.01 Å². The summed E-state index contributed by atoms with van der Waals surface area (Å²) >= 11 is 1.60. The molecule has 7 nitrogen and oxygen atoms in total. The van der Waals surface area contributed by atoms with Gasteiger partial charge >= 0.3 is 0 Å². The van der Waals surface area contributed by atoms with Crippen molar-refractivity contribution in [2.45, 2.75) is 44.6 Å². The number of rotatable bonds is 6. The summed E-state index contributed by atoms with van der Waals surface area (Å²) in [4.78, 5) is 41.1. The molecule has 0 saturated carbocycles. The predicted octanol–water partition coefficient (Wildman–Crippen LogP) is 0.619. The Bertz CT molecular complexity index is 561. The maximum absolute atomic E-state index is 12.7. The van der Waals surface area contributed by atoms with Crippen molar-refractivity contribution in [2.75, 3.05) is 13.1 Å². The quantitative estimate of drug-likeness (QED) is 0.793. The number of carbonyl (C=O) groups is 3. The summed E-state index contributed by atoms with van der Waals surface area (Å²) in [5.74, 6) is -0.682. The number of nitrogens with two attached hydrogens (primary N) is 1. The lowest BCUT2D eigenvalue weighted by Gasteiger charge is -2.34. The number of nitrogens with zero attached hydrogens (tertiary/aromatic N) is 2. The highest BCUT2D eigenvalue weighted by molar-refractivity contribution is 7.09. The van der Waals surface area contributed by atoms with Crippen LogP contribution in [-0.4, -0.2) is 46.7 Å². The minimum atomic E-state index is -0.699. The Morgan fingerprint density at radius 3 is 2.91 bits per heavy atom. The first kappa shape index (κ1) is 17.4. The van der Waals surface area contributed by atoms with Crippen LogP contribution in [0, 0.1) is 0 Å². The number of hydrogen-bond donors (Lipinski definition) is 2. The van der Waals surface area contributed by atoms with Crippen LogP contribution in [0.4, 0.5) is 0 Å². The van der Waals surface area contributed by atoms with Crippen LogP contribution in [-0.2, 0) is 14.4 Å². The molecule has 1 aliphatic rings. The Kier molecular flexibility index (Phi) is 6.09. The Labute approximate surface area is 139 Å². The second-order valence-corrected chi connectivity index (χ2v) is 6.68. The van der Waals surface area contributed by atoms with Crippen LogP contribution in [0.15, 0.2) is 11.6 Å². The van der Waals surface area contributed by atoms with E-state index in [4.69, 9.17) is 5.73 Å². The van der Waals surface area contributed by atoms with E-state index < -0.39 is 11.9 Å². The minimum absolute atomic E-state index is 0.0699. The van der Waals surface area contributed by atoms with Crippen molar-refractivity contribution in [2.24, 2.45) is 5.73 Å². The van der Waals surface area contributed by atoms with Crippen LogP contribution in [0.2, 0.25) is 0 Å². The Morgan fingerprint density at radius 2 is 2.30 bits per heavy atom. The molecule has 23 heavy (non-hydrogen) atoms. The standard InChI is InChI=1S/C15H22N4O3S/c1-10(20)18-12(4-5-13(16)21)15(22)19-7-2-3-11(9-19)14-17-6-8-23-14/h6,8,11-12H,2-5,7,9H2,1H3,(H2,16,21)(H,18,20)/t11-,12-/m1/s1. The normalized spacial score (nSPS) is 19.2. The third-order valence-electron chi connectivity index (χ3n) is 3.89. The van der Waals surface area contributed by atoms with Crippen LogP contribution in [0.1, 0.15) is 43.5 Å². The van der Waals surface area contributed by atoms with Crippen molar-refractivity contribution in [3.05, 3.63) is 16.6 Å². The lowest BCUT2D eigenvalue weighted by Crippen LogP contribution is -2.50. The third kappa shape index (κ3) is 5.02. The molecule has 0 radical (unpaired) electrons. The molecule has 2 heterocycles. The van der Waals surface area contributed by atoms with Gasteiger partial charge in [-0.2, -0.15) is 0 Å². The first-order chi connectivity index (χ1) is 11.0. The molecule has 0 unspecified atom stereocenters. The molecular weight excluding hydrogens is 316 g/mol. The molecule has 1 aliphatic heterocycles. The van der Waals surface area contributed by atoms with E-state index in [9.17, 15) is 14.4 Å². The maximum Gasteiger partial charge on any atom is 0.245 e. The zero-order chi connectivity index (χ0) is 16.8. The molecule has 0 bridgehead atoms. The summed E-state index contributed by atoms with van der Waals surface area (Å²) in [5, 5.41) is 5.60. The summed E-state index contributed by atoms with van der Waals surface area (Å²) in [6, 6.07) is -0.699. The van der Waals surface area contributed by atoms with Crippen LogP contribution >= 0.6 is 11.3 Å². The van der Waals surface area contributed by atoms with E-state index in [1.165, 1.54) is 6.92 Å². The van der Waals surface area contributed by atoms with Crippen LogP contribution in [0.25, 0.3) is 0 Å². The van der Waals surface area contributed by atoms with E-state index in [1.807, 2.05) is 5.38 Å². The number of hydrogen-bond acceptors (Lipinski definition) is 5. The van der Waals surface area contributed by atoms with Gasteiger partial charge in [0.25, 0.3) is 0 Å². The number of amides is 3. The van der Waals surface area contributed by atoms with E-state index >= 15 is 0 Å². The van der Waals surface area contributed by atoms with Gasteiger partial charge in [0.2, 0.25) is 17.7 Å². The average molecular weight is 338 g/mol. The van der Waals surface area contributed by atoms with Crippen LogP contribution < -0.4 is 11.1 Å². The molecule has 1 aromatic rings. The van der Waals surface area contributed by atoms with E-state index in [0.717, 1.165) is 17.8 Å². The van der Waals surface area contributed by atoms with Gasteiger partial charge in [-0.1, -0.05) is 0 Å². The second kappa shape index (κ2) is 8.05. The summed E-state index contributed by atoms with van der Waals surface area (Å²) in [6.07, 6.45) is 3.97. The smallest absolute Gasteiger partial charge is 0.245 e. The van der Waals surface area contributed by atoms with Crippen molar-refractivity contribution < 1.29 is 14.4 Å². The molecule has 1 saturated heterocycles. The molecule has 0 aliphatic carbocycles. The highest BCUT2D eigenvalue weighted by Gasteiger charge is 2.30. The highest BCUT2D eigenvalue weighted by atomic mass is 32.1. The third-order valence-corrected chi connectivity index (χ3v) is 4.83. The number of aromatic nitrogens is 1. The zero-order valence-electron chi connectivity index (χ0n) is 13.2. The molecule has 0 spiro atoms. The van der Waals surface area contributed by atoms with Gasteiger partial charge in [-0.25, -0.2) is 4.98 Å². The summed E-state index contributed by atoms with van der Waals surface area (Å²) in [7, 11) is 0. The number of likely N-dealkylation sites (tertiary alicyclic amines) is 1. The first-order valence-corrected chi connectivity index (χ1v) is 8.59. The van der Waals surface area contributed by atoms with Gasteiger partial charge in [-0.3, -0.25) is 14.4 Å². The molecular formula is C15H22N4O3S. The Morgan fingerprint density at radius 1 is 1.52 bits per heavy atom. The van der Waals surface area contributed by atoms with Crippen molar-refractivity contribution in [1.29, 1.82) is 0 Å². The molecule has 8 heteroatoms. The van der Waals surface area contributed by atoms with Gasteiger partial charge in [-0.15, -0.1) is 11.3 Å². The van der Waals surface area contributed by atoms with Gasteiger partial charge in [0, 0.05) is 43.9 Å². The Hall–Kier alpha value is -1.96. The summed E-state index contributed by atoms with van der Waals surface area (Å²) in [5.41, 5.74) is 5.15. The fraction of sp³-hybridized carbons (Fsp3) is 0.600. The fourth-order valence-electron chi connectivity index (χ4n) is 2.82. The van der Waals surface area contributed by atoms with Gasteiger partial charge in [0.15, 0.2) is 0 Å². The maximum atomic E-state index is 12.7. The van der Waals surface area contributed by atoms with E-state index in [2.05, 4.69) is 10.3 Å². The van der Waals surface area contributed by atoms with Gasteiger partial charge in [-0.05, 0) is 19.3 Å². The van der Waals surface area contributed by atoms with Gasteiger partial charge in [0.1, 0.15) is 6.04 Å². The number of piperidine rings is 1. The van der Waals surface area contributed by atoms with Crippen molar-refractivity contribution in [3.8, 4) is 0 Å². The first-order valence-electron chi connectivity index (χ1n) is 7.71. The molecule has 3 amide bonds. The minimum Gasteiger partial charge on any atom is -0.370 e. The average Bonchev–Trinajstić information content (AvgIpc) is 3.05. The summed E-state index contributed by atoms with van der Waals surface area (Å²) < 4.78 is 0. The van der Waals surface area contributed by atoms with Crippen LogP contribution in [0.5, 0.6) is 0 Å². The Balaban J connectivity index is 2.02. The summed E-state index contributed by atoms with van der Waals surface area (Å²) in [6.45, 7) is 2.62. The molecule has 1 aromatic heterocycles. The van der Waals surface area contributed by atoms with Crippen molar-refractivity contribution in [1.82, 2.24) is 15.2 Å². The molecule has 1 fully saturated rings. The van der Waals surface area contributed by atoms with Crippen molar-refractivity contribution >= 4 is 29.1 Å². The predicted molar refractivity (Wildman–Crippen MR) is 86.7 cm³/mol. The van der Waals surface area contributed by atoms with Crippen LogP contribution in [0.3, 0.4) is 0 Å². The lowest BCUT2D eigenvalue weighted by atomic mass is 9.97. The number of nitrogens with one attached hydrogen (secondary N) is 1. The number of thiazole rings is 1. The monoisotopic (exact) mass is 338 g/mol. The lowest BCUT2D eigenvalue weighted by molar-refractivity contribution is -0.137. The van der Waals surface area contributed by atoms with E-state index in [1.54, 1.807) is 22.4 Å². The zero-order valence-corrected chi connectivity index (χ0v) is 14.0. The fourth-order valence-corrected chi connectivity index (χ4v) is 3.59. The number of carbonyl (C=O) groups excluding carboxylic acids is 3. The molecule has 126 valence electrons. The second-order valence-electron chi connectivity index (χ2n) is 5.75. The largest absolute Gasteiger partial charge is 0.370 e. The molecule has 2 rings (SSSR count). The molecule has 2 atom stereocenters. The van der Waals surface area contributed by atoms with Crippen molar-refractivity contribution in [3.63, 3.8) is 0 Å². The molecule has 0 aromatic carbocycles. The molecule has 3 N–H and O–H groups in total. The number of primary amides is 1. The SMILES string of the molecule is CC(=O)N[C@H](CCC(N)=O)C(=O)N1CCC[C@@H](c2nccs2)C1. The highest BCUT2D eigenvalue weighted by Crippen LogP contribution is 2.28. The van der Waals surface area contributed by atoms with E-state index in [0.29, 0.717) is 13.1 Å². The topological polar surface area (TPSA) is 105 Å². The van der Waals surface area contributed by atoms with Gasteiger partial charge < -0.3 is 16.0 Å². The van der Waals surface area contributed by atoms with E-state index in [-0.39, 0.29) is 30.6 Å².